The Balaban J connectivity index is 2.13. The van der Waals surface area contributed by atoms with E-state index in [0.29, 0.717) is 32.9 Å². The average molecular weight is 343 g/mol. The summed E-state index contributed by atoms with van der Waals surface area (Å²) in [5.74, 6) is 0.885. The number of aromatic nitrogens is 3. The second-order valence-corrected chi connectivity index (χ2v) is 5.34. The zero-order valence-electron chi connectivity index (χ0n) is 10.3. The third-order valence-electron chi connectivity index (χ3n) is 2.02. The molecule has 100 valence electrons. The van der Waals surface area contributed by atoms with Gasteiger partial charge in [-0.15, -0.1) is 0 Å². The summed E-state index contributed by atoms with van der Waals surface area (Å²) in [5.41, 5.74) is 0. The molecule has 6 nitrogen and oxygen atoms in total. The molecule has 0 aliphatic rings. The summed E-state index contributed by atoms with van der Waals surface area (Å²) in [6.07, 6.45) is 1.48. The Bertz CT molecular complexity index is 582. The first-order chi connectivity index (χ1) is 9.08. The van der Waals surface area contributed by atoms with Gasteiger partial charge in [-0.05, 0) is 29.8 Å². The third-order valence-corrected chi connectivity index (χ3v) is 3.32. The fourth-order valence-corrected chi connectivity index (χ4v) is 2.52. The van der Waals surface area contributed by atoms with Gasteiger partial charge in [0.05, 0.1) is 12.8 Å². The van der Waals surface area contributed by atoms with E-state index in [1.165, 1.54) is 17.5 Å². The molecule has 19 heavy (non-hydrogen) atoms. The van der Waals surface area contributed by atoms with Crippen molar-refractivity contribution in [2.45, 2.75) is 13.8 Å². The lowest BCUT2D eigenvalue weighted by molar-refractivity contribution is 0.0532. The van der Waals surface area contributed by atoms with E-state index in [1.807, 2.05) is 0 Å². The zero-order valence-corrected chi connectivity index (χ0v) is 12.7. The molecule has 0 spiro atoms. The highest BCUT2D eigenvalue weighted by molar-refractivity contribution is 9.10. The molecule has 0 bridgehead atoms. The van der Waals surface area contributed by atoms with Crippen LogP contribution >= 0.6 is 27.3 Å². The van der Waals surface area contributed by atoms with Gasteiger partial charge in [-0.25, -0.2) is 19.7 Å². The van der Waals surface area contributed by atoms with Gasteiger partial charge in [-0.2, -0.15) is 0 Å². The second kappa shape index (κ2) is 6.07. The number of thiazole rings is 1. The van der Waals surface area contributed by atoms with E-state index in [2.05, 4.69) is 36.2 Å². The first kappa shape index (κ1) is 13.9. The van der Waals surface area contributed by atoms with E-state index < -0.39 is 0 Å². The quantitative estimate of drug-likeness (QED) is 0.679. The molecule has 0 fully saturated rings. The Kier molecular flexibility index (Phi) is 4.43. The minimum atomic E-state index is -0.368. The van der Waals surface area contributed by atoms with Gasteiger partial charge in [0.25, 0.3) is 0 Å². The van der Waals surface area contributed by atoms with Gasteiger partial charge in [0, 0.05) is 6.07 Å². The van der Waals surface area contributed by atoms with Gasteiger partial charge < -0.3 is 10.1 Å². The lowest BCUT2D eigenvalue weighted by Crippen LogP contribution is -2.01. The molecule has 0 aliphatic heterocycles. The number of ether oxygens (including phenoxy) is 1. The van der Waals surface area contributed by atoms with Crippen LogP contribution in [0.1, 0.15) is 22.4 Å². The van der Waals surface area contributed by atoms with E-state index in [-0.39, 0.29) is 5.97 Å². The Morgan fingerprint density at radius 3 is 3.00 bits per heavy atom. The molecule has 2 aromatic rings. The maximum atomic E-state index is 11.5. The van der Waals surface area contributed by atoms with Crippen molar-refractivity contribution >= 4 is 44.2 Å². The highest BCUT2D eigenvalue weighted by Gasteiger charge is 2.12. The molecule has 1 N–H and O–H groups in total. The van der Waals surface area contributed by atoms with E-state index in [9.17, 15) is 4.79 Å². The van der Waals surface area contributed by atoms with Gasteiger partial charge in [-0.3, -0.25) is 0 Å². The Morgan fingerprint density at radius 1 is 1.53 bits per heavy atom. The molecule has 0 radical (unpaired) electrons. The maximum absolute atomic E-state index is 11.5. The second-order valence-electron chi connectivity index (χ2n) is 3.50. The van der Waals surface area contributed by atoms with Gasteiger partial charge in [-0.1, -0.05) is 11.3 Å². The molecule has 2 heterocycles. The number of esters is 1. The number of hydrogen-bond acceptors (Lipinski definition) is 7. The zero-order chi connectivity index (χ0) is 13.8. The summed E-state index contributed by atoms with van der Waals surface area (Å²) >= 11 is 4.51. The molecule has 0 unspecified atom stereocenters. The highest BCUT2D eigenvalue weighted by atomic mass is 79.9. The first-order valence-electron chi connectivity index (χ1n) is 5.49. The summed E-state index contributed by atoms with van der Waals surface area (Å²) in [6.45, 7) is 3.90. The fraction of sp³-hybridized carbons (Fsp3) is 0.273. The predicted molar refractivity (Wildman–Crippen MR) is 75.8 cm³/mol. The van der Waals surface area contributed by atoms with Crippen molar-refractivity contribution in [3.8, 4) is 0 Å². The number of carbonyl (C=O) groups excluding carboxylic acids is 1. The van der Waals surface area contributed by atoms with Gasteiger partial charge in [0.15, 0.2) is 5.13 Å². The Hall–Kier alpha value is -1.54. The van der Waals surface area contributed by atoms with Crippen LogP contribution in [0.15, 0.2) is 16.9 Å². The van der Waals surface area contributed by atoms with Crippen LogP contribution in [0.3, 0.4) is 0 Å². The van der Waals surface area contributed by atoms with Crippen LogP contribution in [0, 0.1) is 6.92 Å². The van der Waals surface area contributed by atoms with Crippen molar-refractivity contribution in [3.63, 3.8) is 0 Å². The maximum Gasteiger partial charge on any atom is 0.350 e. The molecule has 0 aliphatic carbocycles. The number of aryl methyl sites for hydroxylation is 1. The normalized spacial score (nSPS) is 10.3. The summed E-state index contributed by atoms with van der Waals surface area (Å²) in [5, 5.41) is 3.60. The molecular formula is C11H11BrN4O2S. The first-order valence-corrected chi connectivity index (χ1v) is 7.10. The van der Waals surface area contributed by atoms with Crippen LogP contribution < -0.4 is 5.32 Å². The fourth-order valence-electron chi connectivity index (χ4n) is 1.33. The standard InChI is InChI=1S/C11H11BrN4O2S/c1-3-18-10(17)7-5-13-11(19-7)16-9-4-8(12)14-6(2)15-9/h4-5H,3H2,1-2H3,(H,13,14,15,16). The van der Waals surface area contributed by atoms with Crippen molar-refractivity contribution in [2.24, 2.45) is 0 Å². The van der Waals surface area contributed by atoms with Crippen LogP contribution in [0.5, 0.6) is 0 Å². The van der Waals surface area contributed by atoms with Gasteiger partial charge in [0.1, 0.15) is 21.1 Å². The van der Waals surface area contributed by atoms with Crippen molar-refractivity contribution in [2.75, 3.05) is 11.9 Å². The summed E-state index contributed by atoms with van der Waals surface area (Å²) in [7, 11) is 0. The molecule has 2 rings (SSSR count). The van der Waals surface area contributed by atoms with Crippen molar-refractivity contribution in [1.82, 2.24) is 15.0 Å². The SMILES string of the molecule is CCOC(=O)c1cnc(Nc2cc(Br)nc(C)n2)s1. The number of carbonyl (C=O) groups is 1. The van der Waals surface area contributed by atoms with Gasteiger partial charge in [0.2, 0.25) is 0 Å². The lowest BCUT2D eigenvalue weighted by atomic mass is 10.5. The number of hydrogen-bond donors (Lipinski definition) is 1. The number of nitrogens with zero attached hydrogens (tertiary/aromatic N) is 3. The van der Waals surface area contributed by atoms with Crippen molar-refractivity contribution in [3.05, 3.63) is 27.6 Å². The molecule has 0 aromatic carbocycles. The van der Waals surface area contributed by atoms with E-state index in [0.717, 1.165) is 0 Å². The van der Waals surface area contributed by atoms with Crippen molar-refractivity contribution in [1.29, 1.82) is 0 Å². The van der Waals surface area contributed by atoms with Crippen LogP contribution in [-0.4, -0.2) is 27.5 Å². The molecule has 0 atom stereocenters. The number of rotatable bonds is 4. The molecule has 2 aromatic heterocycles. The van der Waals surface area contributed by atoms with E-state index >= 15 is 0 Å². The lowest BCUT2D eigenvalue weighted by Gasteiger charge is -2.02. The molecule has 8 heteroatoms. The predicted octanol–water partition coefficient (Wildman–Crippen LogP) is 2.92. The highest BCUT2D eigenvalue weighted by Crippen LogP contribution is 2.23. The van der Waals surface area contributed by atoms with E-state index in [4.69, 9.17) is 4.74 Å². The molecule has 0 saturated carbocycles. The van der Waals surface area contributed by atoms with Crippen LogP contribution in [0.4, 0.5) is 10.9 Å². The van der Waals surface area contributed by atoms with Crippen LogP contribution in [-0.2, 0) is 4.74 Å². The summed E-state index contributed by atoms with van der Waals surface area (Å²) < 4.78 is 5.59. The minimum Gasteiger partial charge on any atom is -0.462 e. The smallest absolute Gasteiger partial charge is 0.350 e. The third kappa shape index (κ3) is 3.71. The molecular weight excluding hydrogens is 332 g/mol. The Labute approximate surface area is 122 Å². The Morgan fingerprint density at radius 2 is 2.32 bits per heavy atom. The van der Waals surface area contributed by atoms with E-state index in [1.54, 1.807) is 19.9 Å². The minimum absolute atomic E-state index is 0.345. The molecule has 0 amide bonds. The summed E-state index contributed by atoms with van der Waals surface area (Å²) in [4.78, 5) is 24.4. The van der Waals surface area contributed by atoms with Crippen molar-refractivity contribution < 1.29 is 9.53 Å². The monoisotopic (exact) mass is 342 g/mol. The largest absolute Gasteiger partial charge is 0.462 e. The van der Waals surface area contributed by atoms with Gasteiger partial charge >= 0.3 is 5.97 Å². The number of anilines is 2. The number of nitrogens with one attached hydrogen (secondary N) is 1. The topological polar surface area (TPSA) is 77.0 Å². The van der Waals surface area contributed by atoms with Crippen LogP contribution in [0.2, 0.25) is 0 Å². The summed E-state index contributed by atoms with van der Waals surface area (Å²) in [6, 6.07) is 1.73. The average Bonchev–Trinajstić information content (AvgIpc) is 2.76. The van der Waals surface area contributed by atoms with Crippen LogP contribution in [0.25, 0.3) is 0 Å². The number of halogens is 1. The molecule has 0 saturated heterocycles.